The fourth-order valence-electron chi connectivity index (χ4n) is 0.326. The van der Waals surface area contributed by atoms with Crippen molar-refractivity contribution in [3.05, 3.63) is 17.5 Å². The zero-order valence-corrected chi connectivity index (χ0v) is 5.39. The Labute approximate surface area is 58.9 Å². The smallest absolute Gasteiger partial charge is 0.0803 e. The van der Waals surface area contributed by atoms with Gasteiger partial charge < -0.3 is 14.9 Å². The Kier molecular flexibility index (Phi) is 2.55. The summed E-state index contributed by atoms with van der Waals surface area (Å²) in [4.78, 5) is 20.0. The summed E-state index contributed by atoms with van der Waals surface area (Å²) >= 11 is 0. The van der Waals surface area contributed by atoms with Crippen molar-refractivity contribution in [2.45, 2.75) is 0 Å². The van der Waals surface area contributed by atoms with Crippen molar-refractivity contribution in [2.75, 3.05) is 0 Å². The molecule has 0 bridgehead atoms. The van der Waals surface area contributed by atoms with Crippen molar-refractivity contribution < 1.29 is 29.1 Å². The summed E-state index contributed by atoms with van der Waals surface area (Å²) in [5.74, 6) is -0.907. The molecule has 1 aliphatic rings. The molecule has 0 fully saturated rings. The summed E-state index contributed by atoms with van der Waals surface area (Å²) < 4.78 is 0. The SMILES string of the molecule is O=C1C=CC(=O)[N-]1.[Rh]. The average Bonchev–Trinajstić information content (AvgIpc) is 1.87. The predicted molar refractivity (Wildman–Crippen MR) is 22.5 cm³/mol. The largest absolute Gasteiger partial charge is 0.589 e. The van der Waals surface area contributed by atoms with E-state index in [-0.39, 0.29) is 19.5 Å². The van der Waals surface area contributed by atoms with Crippen LogP contribution in [-0.2, 0) is 29.1 Å². The predicted octanol–water partition coefficient (Wildman–Crippen LogP) is -0.0194. The van der Waals surface area contributed by atoms with E-state index in [1.807, 2.05) is 0 Å². The van der Waals surface area contributed by atoms with Crippen molar-refractivity contribution in [1.29, 1.82) is 0 Å². The Morgan fingerprint density at radius 3 is 1.62 bits per heavy atom. The van der Waals surface area contributed by atoms with E-state index < -0.39 is 11.8 Å². The Morgan fingerprint density at radius 1 is 1.12 bits per heavy atom. The number of amides is 2. The fourth-order valence-corrected chi connectivity index (χ4v) is 0.326. The summed E-state index contributed by atoms with van der Waals surface area (Å²) in [5, 5.41) is 3.00. The third-order valence-corrected chi connectivity index (χ3v) is 0.589. The zero-order chi connectivity index (χ0) is 5.28. The van der Waals surface area contributed by atoms with Crippen LogP contribution in [0.5, 0.6) is 0 Å². The Hall–Kier alpha value is -0.497. The maximum Gasteiger partial charge on any atom is 0.0803 e. The van der Waals surface area contributed by atoms with Gasteiger partial charge in [0.2, 0.25) is 0 Å². The van der Waals surface area contributed by atoms with Gasteiger partial charge in [0.15, 0.2) is 0 Å². The third-order valence-electron chi connectivity index (χ3n) is 0.589. The van der Waals surface area contributed by atoms with Crippen LogP contribution in [-0.4, -0.2) is 11.8 Å². The number of carbonyl (C=O) groups is 2. The molecule has 0 N–H and O–H groups in total. The van der Waals surface area contributed by atoms with Crippen molar-refractivity contribution in [3.8, 4) is 0 Å². The molecule has 0 saturated carbocycles. The second-order valence-electron chi connectivity index (χ2n) is 1.12. The van der Waals surface area contributed by atoms with Crippen molar-refractivity contribution >= 4 is 11.8 Å². The van der Waals surface area contributed by atoms with E-state index in [4.69, 9.17) is 0 Å². The number of rotatable bonds is 0. The molecule has 3 nitrogen and oxygen atoms in total. The van der Waals surface area contributed by atoms with Gasteiger partial charge in [0.1, 0.15) is 0 Å². The molecule has 4 heteroatoms. The van der Waals surface area contributed by atoms with E-state index in [0.29, 0.717) is 0 Å². The van der Waals surface area contributed by atoms with Gasteiger partial charge in [0, 0.05) is 19.5 Å². The van der Waals surface area contributed by atoms with Crippen LogP contribution < -0.4 is 0 Å². The van der Waals surface area contributed by atoms with Gasteiger partial charge in [-0.1, -0.05) is 0 Å². The van der Waals surface area contributed by atoms with Crippen LogP contribution in [0, 0.1) is 0 Å². The summed E-state index contributed by atoms with van der Waals surface area (Å²) in [5.41, 5.74) is 0. The van der Waals surface area contributed by atoms with Crippen LogP contribution in [0.3, 0.4) is 0 Å². The van der Waals surface area contributed by atoms with E-state index >= 15 is 0 Å². The van der Waals surface area contributed by atoms with Gasteiger partial charge in [-0.15, -0.1) is 0 Å². The molecule has 2 amide bonds. The average molecular weight is 199 g/mol. The maximum absolute atomic E-state index is 9.98. The molecule has 0 aromatic carbocycles. The first kappa shape index (κ1) is 7.50. The zero-order valence-electron chi connectivity index (χ0n) is 3.75. The molecule has 1 rings (SSSR count). The van der Waals surface area contributed by atoms with Gasteiger partial charge in [-0.25, -0.2) is 0 Å². The van der Waals surface area contributed by atoms with E-state index in [1.165, 1.54) is 0 Å². The molecule has 0 aromatic rings. The maximum atomic E-state index is 9.98. The number of nitrogens with zero attached hydrogens (tertiary/aromatic N) is 1. The van der Waals surface area contributed by atoms with Gasteiger partial charge in [-0.2, -0.15) is 0 Å². The first-order valence-electron chi connectivity index (χ1n) is 1.77. The minimum atomic E-state index is -0.454. The molecular weight excluding hydrogens is 197 g/mol. The minimum absolute atomic E-state index is 0. The van der Waals surface area contributed by atoms with Gasteiger partial charge >= 0.3 is 0 Å². The Morgan fingerprint density at radius 2 is 1.50 bits per heavy atom. The first-order chi connectivity index (χ1) is 3.29. The van der Waals surface area contributed by atoms with Gasteiger partial charge in [0.25, 0.3) is 0 Å². The van der Waals surface area contributed by atoms with Crippen molar-refractivity contribution in [2.24, 2.45) is 0 Å². The van der Waals surface area contributed by atoms with Gasteiger partial charge in [0.05, 0.1) is 11.8 Å². The third kappa shape index (κ3) is 1.54. The summed E-state index contributed by atoms with van der Waals surface area (Å²) in [6.45, 7) is 0. The Bertz CT molecular complexity index is 136. The minimum Gasteiger partial charge on any atom is -0.589 e. The molecule has 1 heterocycles. The van der Waals surface area contributed by atoms with Crippen LogP contribution >= 0.6 is 0 Å². The van der Waals surface area contributed by atoms with Crippen LogP contribution in [0.25, 0.3) is 5.32 Å². The van der Waals surface area contributed by atoms with E-state index in [9.17, 15) is 9.59 Å². The molecule has 0 aromatic heterocycles. The van der Waals surface area contributed by atoms with Crippen LogP contribution in [0.15, 0.2) is 12.2 Å². The molecule has 1 radical (unpaired) electrons. The van der Waals surface area contributed by atoms with Crippen molar-refractivity contribution in [3.63, 3.8) is 0 Å². The Balaban J connectivity index is 0.000000490. The molecule has 8 heavy (non-hydrogen) atoms. The molecule has 0 saturated heterocycles. The second kappa shape index (κ2) is 2.72. The second-order valence-corrected chi connectivity index (χ2v) is 1.12. The van der Waals surface area contributed by atoms with E-state index in [1.54, 1.807) is 0 Å². The molecule has 0 aliphatic carbocycles. The van der Waals surface area contributed by atoms with Crippen LogP contribution in [0.4, 0.5) is 0 Å². The molecule has 45 valence electrons. The molecule has 0 spiro atoms. The molecule has 1 aliphatic heterocycles. The summed E-state index contributed by atoms with van der Waals surface area (Å²) in [6, 6.07) is 0. The molecule has 0 atom stereocenters. The van der Waals surface area contributed by atoms with Crippen molar-refractivity contribution in [1.82, 2.24) is 0 Å². The van der Waals surface area contributed by atoms with E-state index in [0.717, 1.165) is 12.2 Å². The normalized spacial score (nSPS) is 15.5. The molecular formula is C4H2NO2Rh-. The number of imide groups is 1. The summed E-state index contributed by atoms with van der Waals surface area (Å²) in [6.07, 6.45) is 2.28. The quantitative estimate of drug-likeness (QED) is 0.406. The first-order valence-corrected chi connectivity index (χ1v) is 1.77. The molecule has 0 unspecified atom stereocenters. The van der Waals surface area contributed by atoms with Crippen LogP contribution in [0.1, 0.15) is 0 Å². The number of hydrogen-bond donors (Lipinski definition) is 0. The monoisotopic (exact) mass is 199 g/mol. The topological polar surface area (TPSA) is 48.2 Å². The fraction of sp³-hybridized carbons (Fsp3) is 0. The van der Waals surface area contributed by atoms with E-state index in [2.05, 4.69) is 5.32 Å². The van der Waals surface area contributed by atoms with Crippen LogP contribution in [0.2, 0.25) is 0 Å². The number of hydrogen-bond acceptors (Lipinski definition) is 2. The van der Waals surface area contributed by atoms with Gasteiger partial charge in [-0.3, -0.25) is 0 Å². The standard InChI is InChI=1S/C4H3NO2.Rh/c6-3-1-2-4(7)5-3;/h1-2H,(H,5,6,7);/p-1. The summed E-state index contributed by atoms with van der Waals surface area (Å²) in [7, 11) is 0. The van der Waals surface area contributed by atoms with Gasteiger partial charge in [-0.05, 0) is 12.2 Å². The number of carbonyl (C=O) groups excluding carboxylic acids is 2.